The van der Waals surface area contributed by atoms with Crippen LogP contribution in [0.15, 0.2) is 12.1 Å². The maximum Gasteiger partial charge on any atom is 0.416 e. The summed E-state index contributed by atoms with van der Waals surface area (Å²) in [6.07, 6.45) is -3.61. The number of carbonyl (C=O) groups is 1. The summed E-state index contributed by atoms with van der Waals surface area (Å²) in [5.74, 6) is -1.63. The van der Waals surface area contributed by atoms with Crippen LogP contribution in [-0.2, 0) is 22.1 Å². The predicted molar refractivity (Wildman–Crippen MR) is 81.4 cm³/mol. The summed E-state index contributed by atoms with van der Waals surface area (Å²) in [6.45, 7) is 5.24. The minimum atomic E-state index is -4.58. The van der Waals surface area contributed by atoms with E-state index in [0.29, 0.717) is 18.9 Å². The molecule has 24 heavy (non-hydrogen) atoms. The molecule has 0 heterocycles. The van der Waals surface area contributed by atoms with E-state index in [4.69, 9.17) is 4.74 Å². The number of methoxy groups -OCH3 is 1. The highest BCUT2D eigenvalue weighted by atomic mass is 19.4. The van der Waals surface area contributed by atoms with Crippen molar-refractivity contribution in [1.82, 2.24) is 0 Å². The molecular formula is C17H22F4O3. The summed E-state index contributed by atoms with van der Waals surface area (Å²) >= 11 is 0. The van der Waals surface area contributed by atoms with Crippen LogP contribution in [0.25, 0.3) is 0 Å². The van der Waals surface area contributed by atoms with E-state index in [9.17, 15) is 22.4 Å². The second-order valence-electron chi connectivity index (χ2n) is 6.44. The van der Waals surface area contributed by atoms with Crippen LogP contribution in [0.1, 0.15) is 51.2 Å². The summed E-state index contributed by atoms with van der Waals surface area (Å²) in [4.78, 5) is 11.6. The molecule has 7 heteroatoms. The Morgan fingerprint density at radius 3 is 2.25 bits per heavy atom. The van der Waals surface area contributed by atoms with Gasteiger partial charge < -0.3 is 9.47 Å². The Morgan fingerprint density at radius 2 is 1.75 bits per heavy atom. The Labute approximate surface area is 138 Å². The van der Waals surface area contributed by atoms with Gasteiger partial charge in [0.2, 0.25) is 0 Å². The van der Waals surface area contributed by atoms with Crippen molar-refractivity contribution in [3.63, 3.8) is 0 Å². The fraction of sp³-hybridized carbons (Fsp3) is 0.588. The Kier molecular flexibility index (Phi) is 6.63. The maximum atomic E-state index is 14.1. The van der Waals surface area contributed by atoms with Gasteiger partial charge in [0, 0.05) is 6.42 Å². The van der Waals surface area contributed by atoms with Gasteiger partial charge in [0.1, 0.15) is 5.60 Å². The summed E-state index contributed by atoms with van der Waals surface area (Å²) in [6, 6.07) is 1.42. The zero-order valence-electron chi connectivity index (χ0n) is 14.2. The molecule has 0 spiro atoms. The molecule has 0 aliphatic rings. The first-order valence-electron chi connectivity index (χ1n) is 7.59. The first kappa shape index (κ1) is 20.3. The molecule has 0 N–H and O–H groups in total. The number of esters is 1. The lowest BCUT2D eigenvalue weighted by Gasteiger charge is -2.19. The lowest BCUT2D eigenvalue weighted by molar-refractivity contribution is -0.154. The summed E-state index contributed by atoms with van der Waals surface area (Å²) < 4.78 is 62.4. The highest BCUT2D eigenvalue weighted by Gasteiger charge is 2.32. The molecule has 0 saturated carbocycles. The van der Waals surface area contributed by atoms with Gasteiger partial charge in [-0.1, -0.05) is 0 Å². The van der Waals surface area contributed by atoms with Crippen LogP contribution in [0.4, 0.5) is 17.6 Å². The number of alkyl halides is 3. The number of ether oxygens (including phenoxy) is 2. The van der Waals surface area contributed by atoms with Crippen molar-refractivity contribution in [2.24, 2.45) is 0 Å². The highest BCUT2D eigenvalue weighted by Crippen LogP contribution is 2.34. The standard InChI is InChI=1S/C17H22F4O3/c1-16(2,3)24-14(22)8-6-5-7-11-9-12(17(19,20)21)10-13(23-4)15(11)18/h9-10H,5-8H2,1-4H3. The van der Waals surface area contributed by atoms with Crippen LogP contribution in [-0.4, -0.2) is 18.7 Å². The van der Waals surface area contributed by atoms with Crippen LogP contribution in [0.5, 0.6) is 5.75 Å². The molecule has 0 saturated heterocycles. The fourth-order valence-electron chi connectivity index (χ4n) is 2.13. The number of hydrogen-bond acceptors (Lipinski definition) is 3. The Hall–Kier alpha value is -1.79. The monoisotopic (exact) mass is 350 g/mol. The molecule has 1 aromatic carbocycles. The Morgan fingerprint density at radius 1 is 1.12 bits per heavy atom. The normalized spacial score (nSPS) is 12.2. The smallest absolute Gasteiger partial charge is 0.416 e. The number of carbonyl (C=O) groups excluding carboxylic acids is 1. The van der Waals surface area contributed by atoms with Crippen LogP contribution < -0.4 is 4.74 Å². The lowest BCUT2D eigenvalue weighted by Crippen LogP contribution is -2.23. The van der Waals surface area contributed by atoms with Gasteiger partial charge in [0.25, 0.3) is 0 Å². The summed E-state index contributed by atoms with van der Waals surface area (Å²) in [7, 11) is 1.12. The van der Waals surface area contributed by atoms with Gasteiger partial charge >= 0.3 is 12.1 Å². The van der Waals surface area contributed by atoms with E-state index in [2.05, 4.69) is 4.74 Å². The van der Waals surface area contributed by atoms with E-state index in [1.54, 1.807) is 20.8 Å². The largest absolute Gasteiger partial charge is 0.494 e. The van der Waals surface area contributed by atoms with Crippen molar-refractivity contribution in [2.75, 3.05) is 7.11 Å². The quantitative estimate of drug-likeness (QED) is 0.415. The van der Waals surface area contributed by atoms with Crippen molar-refractivity contribution >= 4 is 5.97 Å². The Bertz CT molecular complexity index is 574. The average Bonchev–Trinajstić information content (AvgIpc) is 2.41. The number of halogens is 4. The highest BCUT2D eigenvalue weighted by molar-refractivity contribution is 5.69. The topological polar surface area (TPSA) is 35.5 Å². The Balaban J connectivity index is 2.69. The first-order chi connectivity index (χ1) is 10.9. The predicted octanol–water partition coefficient (Wildman–Crippen LogP) is 4.91. The minimum absolute atomic E-state index is 0.0779. The number of hydrogen-bond donors (Lipinski definition) is 0. The number of aryl methyl sites for hydroxylation is 1. The number of benzene rings is 1. The van der Waals surface area contributed by atoms with Gasteiger partial charge in [0.05, 0.1) is 12.7 Å². The molecule has 0 aliphatic heterocycles. The van der Waals surface area contributed by atoms with Crippen LogP contribution in [0.2, 0.25) is 0 Å². The SMILES string of the molecule is COc1cc(C(F)(F)F)cc(CCCCC(=O)OC(C)(C)C)c1F. The van der Waals surface area contributed by atoms with Crippen LogP contribution >= 0.6 is 0 Å². The van der Waals surface area contributed by atoms with Gasteiger partial charge in [-0.15, -0.1) is 0 Å². The molecule has 0 aliphatic carbocycles. The van der Waals surface area contributed by atoms with E-state index in [0.717, 1.165) is 13.2 Å². The van der Waals surface area contributed by atoms with Crippen molar-refractivity contribution in [2.45, 2.75) is 58.2 Å². The molecular weight excluding hydrogens is 328 g/mol. The third-order valence-electron chi connectivity index (χ3n) is 3.16. The second kappa shape index (κ2) is 7.85. The van der Waals surface area contributed by atoms with Gasteiger partial charge in [-0.25, -0.2) is 4.39 Å². The van der Waals surface area contributed by atoms with Crippen molar-refractivity contribution < 1.29 is 31.8 Å². The van der Waals surface area contributed by atoms with Crippen LogP contribution in [0, 0.1) is 5.82 Å². The molecule has 0 aromatic heterocycles. The molecule has 0 atom stereocenters. The molecule has 0 radical (unpaired) electrons. The number of rotatable bonds is 6. The average molecular weight is 350 g/mol. The van der Waals surface area contributed by atoms with Crippen LogP contribution in [0.3, 0.4) is 0 Å². The van der Waals surface area contributed by atoms with E-state index < -0.39 is 28.9 Å². The summed E-state index contributed by atoms with van der Waals surface area (Å²) in [5, 5.41) is 0. The lowest BCUT2D eigenvalue weighted by atomic mass is 10.0. The molecule has 0 bridgehead atoms. The van der Waals surface area contributed by atoms with Crippen molar-refractivity contribution in [3.8, 4) is 5.75 Å². The third kappa shape index (κ3) is 6.37. The van der Waals surface area contributed by atoms with E-state index in [1.165, 1.54) is 0 Å². The molecule has 1 rings (SSSR count). The molecule has 136 valence electrons. The second-order valence-corrected chi connectivity index (χ2v) is 6.44. The van der Waals surface area contributed by atoms with Crippen molar-refractivity contribution in [3.05, 3.63) is 29.1 Å². The van der Waals surface area contributed by atoms with Crippen molar-refractivity contribution in [1.29, 1.82) is 0 Å². The number of unbranched alkanes of at least 4 members (excludes halogenated alkanes) is 1. The minimum Gasteiger partial charge on any atom is -0.494 e. The molecule has 1 aromatic rings. The van der Waals surface area contributed by atoms with Gasteiger partial charge in [0.15, 0.2) is 11.6 Å². The molecule has 0 unspecified atom stereocenters. The first-order valence-corrected chi connectivity index (χ1v) is 7.59. The summed E-state index contributed by atoms with van der Waals surface area (Å²) in [5.41, 5.74) is -1.62. The molecule has 0 fully saturated rings. The van der Waals surface area contributed by atoms with Gasteiger partial charge in [-0.2, -0.15) is 13.2 Å². The van der Waals surface area contributed by atoms with E-state index >= 15 is 0 Å². The zero-order valence-corrected chi connectivity index (χ0v) is 14.2. The molecule has 0 amide bonds. The fourth-order valence-corrected chi connectivity index (χ4v) is 2.13. The third-order valence-corrected chi connectivity index (χ3v) is 3.16. The maximum absolute atomic E-state index is 14.1. The van der Waals surface area contributed by atoms with Gasteiger partial charge in [-0.3, -0.25) is 4.79 Å². The molecule has 3 nitrogen and oxygen atoms in total. The van der Waals surface area contributed by atoms with E-state index in [-0.39, 0.29) is 24.4 Å². The van der Waals surface area contributed by atoms with E-state index in [1.807, 2.05) is 0 Å². The zero-order chi connectivity index (χ0) is 18.5. The van der Waals surface area contributed by atoms with Gasteiger partial charge in [-0.05, 0) is 57.7 Å².